The van der Waals surface area contributed by atoms with Crippen LogP contribution in [0.5, 0.6) is 0 Å². The zero-order chi connectivity index (χ0) is 15.6. The number of halogens is 4. The van der Waals surface area contributed by atoms with E-state index in [9.17, 15) is 18.8 Å². The first kappa shape index (κ1) is 15.6. The molecule has 2 rings (SSSR count). The summed E-state index contributed by atoms with van der Waals surface area (Å²) in [5.41, 5.74) is -0.160. The number of Topliss-reactive ketones (excluding diaryl/α,β-unsaturated/α-hetero) is 1. The van der Waals surface area contributed by atoms with Gasteiger partial charge in [-0.1, -0.05) is 29.8 Å². The molecule has 0 fully saturated rings. The van der Waals surface area contributed by atoms with Crippen molar-refractivity contribution in [2.24, 2.45) is 0 Å². The Bertz CT molecular complexity index is 758. The lowest BCUT2D eigenvalue weighted by atomic mass is 9.91. The molecule has 1 atom stereocenters. The van der Waals surface area contributed by atoms with Crippen LogP contribution in [-0.4, -0.2) is 5.78 Å². The summed E-state index contributed by atoms with van der Waals surface area (Å²) >= 11 is 8.62. The molecule has 0 aliphatic rings. The van der Waals surface area contributed by atoms with Gasteiger partial charge in [0, 0.05) is 11.1 Å². The van der Waals surface area contributed by atoms with Gasteiger partial charge in [-0.05, 0) is 34.1 Å². The van der Waals surface area contributed by atoms with Crippen LogP contribution >= 0.6 is 27.5 Å². The maximum absolute atomic E-state index is 14.0. The first-order valence-corrected chi connectivity index (χ1v) is 6.96. The molecule has 106 valence electrons. The van der Waals surface area contributed by atoms with E-state index in [4.69, 9.17) is 11.6 Å². The van der Waals surface area contributed by atoms with Crippen LogP contribution in [0, 0.1) is 23.0 Å². The molecule has 2 nitrogen and oxygen atoms in total. The standard InChI is InChI=1S/C15H7BrClF2NO/c16-13-9(4-2-6-12(13)18)15(21)10(7-20)8-3-1-5-11(17)14(8)19/h1-6,10H. The van der Waals surface area contributed by atoms with Crippen molar-refractivity contribution < 1.29 is 13.6 Å². The maximum atomic E-state index is 14.0. The fraction of sp³-hybridized carbons (Fsp3) is 0.0667. The number of rotatable bonds is 3. The summed E-state index contributed by atoms with van der Waals surface area (Å²) in [5, 5.41) is 9.02. The van der Waals surface area contributed by atoms with Gasteiger partial charge in [0.25, 0.3) is 0 Å². The van der Waals surface area contributed by atoms with Crippen molar-refractivity contribution in [3.63, 3.8) is 0 Å². The van der Waals surface area contributed by atoms with E-state index in [2.05, 4.69) is 15.9 Å². The van der Waals surface area contributed by atoms with E-state index in [0.717, 1.165) is 0 Å². The van der Waals surface area contributed by atoms with E-state index >= 15 is 0 Å². The molecule has 2 aromatic carbocycles. The molecule has 0 saturated carbocycles. The molecule has 0 aliphatic carbocycles. The number of nitrogens with zero attached hydrogens (tertiary/aromatic N) is 1. The summed E-state index contributed by atoms with van der Waals surface area (Å²) < 4.78 is 27.4. The van der Waals surface area contributed by atoms with Crippen LogP contribution in [0.2, 0.25) is 5.02 Å². The van der Waals surface area contributed by atoms with E-state index in [0.29, 0.717) is 0 Å². The smallest absolute Gasteiger partial charge is 0.185 e. The van der Waals surface area contributed by atoms with Gasteiger partial charge in [0.05, 0.1) is 15.6 Å². The Kier molecular flexibility index (Phi) is 4.71. The van der Waals surface area contributed by atoms with Crippen LogP contribution in [0.15, 0.2) is 40.9 Å². The van der Waals surface area contributed by atoms with Crippen molar-refractivity contribution in [2.45, 2.75) is 5.92 Å². The summed E-state index contributed by atoms with van der Waals surface area (Å²) in [7, 11) is 0. The molecule has 0 radical (unpaired) electrons. The lowest BCUT2D eigenvalue weighted by Crippen LogP contribution is -2.14. The number of hydrogen-bond acceptors (Lipinski definition) is 2. The summed E-state index contributed by atoms with van der Waals surface area (Å²) in [4.78, 5) is 12.4. The minimum absolute atomic E-state index is 0.0269. The third-order valence-corrected chi connectivity index (χ3v) is 4.00. The molecule has 0 aliphatic heterocycles. The zero-order valence-corrected chi connectivity index (χ0v) is 12.8. The van der Waals surface area contributed by atoms with Crippen molar-refractivity contribution >= 4 is 33.3 Å². The highest BCUT2D eigenvalue weighted by molar-refractivity contribution is 9.10. The molecule has 6 heteroatoms. The Balaban J connectivity index is 2.52. The second-order valence-electron chi connectivity index (χ2n) is 4.17. The fourth-order valence-corrected chi connectivity index (χ4v) is 2.50. The van der Waals surface area contributed by atoms with Gasteiger partial charge in [0.2, 0.25) is 0 Å². The van der Waals surface area contributed by atoms with Crippen LogP contribution < -0.4 is 0 Å². The van der Waals surface area contributed by atoms with E-state index in [1.807, 2.05) is 0 Å². The first-order chi connectivity index (χ1) is 9.97. The average Bonchev–Trinajstić information content (AvgIpc) is 2.47. The molecule has 0 aromatic heterocycles. The molecular weight excluding hydrogens is 364 g/mol. The third-order valence-electron chi connectivity index (χ3n) is 2.90. The van der Waals surface area contributed by atoms with Crippen LogP contribution in [-0.2, 0) is 0 Å². The van der Waals surface area contributed by atoms with Crippen LogP contribution in [0.3, 0.4) is 0 Å². The molecule has 21 heavy (non-hydrogen) atoms. The number of hydrogen-bond donors (Lipinski definition) is 0. The predicted molar refractivity (Wildman–Crippen MR) is 78.2 cm³/mol. The second kappa shape index (κ2) is 6.33. The summed E-state index contributed by atoms with van der Waals surface area (Å²) in [6, 6.07) is 9.68. The van der Waals surface area contributed by atoms with Crippen LogP contribution in [0.4, 0.5) is 8.78 Å². The van der Waals surface area contributed by atoms with E-state index in [-0.39, 0.29) is 20.6 Å². The van der Waals surface area contributed by atoms with Crippen LogP contribution in [0.1, 0.15) is 21.8 Å². The van der Waals surface area contributed by atoms with Gasteiger partial charge in [-0.3, -0.25) is 4.79 Å². The first-order valence-electron chi connectivity index (χ1n) is 5.79. The number of carbonyl (C=O) groups is 1. The van der Waals surface area contributed by atoms with Gasteiger partial charge in [0.15, 0.2) is 5.78 Å². The van der Waals surface area contributed by atoms with Gasteiger partial charge in [-0.2, -0.15) is 5.26 Å². The fourth-order valence-electron chi connectivity index (χ4n) is 1.86. The van der Waals surface area contributed by atoms with Crippen molar-refractivity contribution in [1.29, 1.82) is 5.26 Å². The monoisotopic (exact) mass is 369 g/mol. The number of carbonyl (C=O) groups excluding carboxylic acids is 1. The Morgan fingerprint density at radius 2 is 1.90 bits per heavy atom. The lowest BCUT2D eigenvalue weighted by molar-refractivity contribution is 0.0976. The molecule has 1 unspecified atom stereocenters. The van der Waals surface area contributed by atoms with E-state index < -0.39 is 23.3 Å². The minimum Gasteiger partial charge on any atom is -0.292 e. The third kappa shape index (κ3) is 2.97. The van der Waals surface area contributed by atoms with Gasteiger partial charge in [0.1, 0.15) is 17.6 Å². The predicted octanol–water partition coefficient (Wildman–Crippen LogP) is 4.87. The highest BCUT2D eigenvalue weighted by Gasteiger charge is 2.27. The van der Waals surface area contributed by atoms with Crippen molar-refractivity contribution in [3.05, 3.63) is 68.7 Å². The van der Waals surface area contributed by atoms with Crippen LogP contribution in [0.25, 0.3) is 0 Å². The summed E-state index contributed by atoms with van der Waals surface area (Å²) in [6.07, 6.45) is 0. The second-order valence-corrected chi connectivity index (χ2v) is 5.37. The Labute approximate surface area is 133 Å². The van der Waals surface area contributed by atoms with Gasteiger partial charge < -0.3 is 0 Å². The molecule has 2 aromatic rings. The molecular formula is C15H7BrClF2NO. The van der Waals surface area contributed by atoms with Crippen molar-refractivity contribution in [3.8, 4) is 6.07 Å². The number of nitriles is 1. The number of ketones is 1. The largest absolute Gasteiger partial charge is 0.292 e. The maximum Gasteiger partial charge on any atom is 0.185 e. The normalized spacial score (nSPS) is 11.8. The van der Waals surface area contributed by atoms with E-state index in [1.54, 1.807) is 6.07 Å². The van der Waals surface area contributed by atoms with Gasteiger partial charge in [-0.25, -0.2) is 8.78 Å². The quantitative estimate of drug-likeness (QED) is 0.723. The lowest BCUT2D eigenvalue weighted by Gasteiger charge is -2.12. The highest BCUT2D eigenvalue weighted by atomic mass is 79.9. The molecule has 0 bridgehead atoms. The zero-order valence-electron chi connectivity index (χ0n) is 10.4. The molecule has 0 saturated heterocycles. The Morgan fingerprint density at radius 3 is 2.57 bits per heavy atom. The van der Waals surface area contributed by atoms with E-state index in [1.165, 1.54) is 36.4 Å². The van der Waals surface area contributed by atoms with Crippen molar-refractivity contribution in [1.82, 2.24) is 0 Å². The molecule has 0 heterocycles. The number of benzene rings is 2. The van der Waals surface area contributed by atoms with Gasteiger partial charge in [-0.15, -0.1) is 0 Å². The summed E-state index contributed by atoms with van der Waals surface area (Å²) in [6.45, 7) is 0. The van der Waals surface area contributed by atoms with Gasteiger partial charge >= 0.3 is 0 Å². The summed E-state index contributed by atoms with van der Waals surface area (Å²) in [5.74, 6) is -3.57. The minimum atomic E-state index is -1.40. The highest BCUT2D eigenvalue weighted by Crippen LogP contribution is 2.30. The topological polar surface area (TPSA) is 40.9 Å². The molecule has 0 N–H and O–H groups in total. The Morgan fingerprint density at radius 1 is 1.24 bits per heavy atom. The molecule has 0 spiro atoms. The van der Waals surface area contributed by atoms with Crippen molar-refractivity contribution in [2.75, 3.05) is 0 Å². The SMILES string of the molecule is N#CC(C(=O)c1cccc(F)c1Br)c1cccc(Cl)c1F. The molecule has 0 amide bonds. The Hall–Kier alpha value is -1.77. The average molecular weight is 371 g/mol.